The average molecular weight is 327 g/mol. The van der Waals surface area contributed by atoms with Gasteiger partial charge in [-0.1, -0.05) is 46.9 Å². The van der Waals surface area contributed by atoms with E-state index in [0.29, 0.717) is 26.4 Å². The van der Waals surface area contributed by atoms with Gasteiger partial charge in [-0.25, -0.2) is 0 Å². The van der Waals surface area contributed by atoms with E-state index in [9.17, 15) is 0 Å². The van der Waals surface area contributed by atoms with Crippen molar-refractivity contribution in [2.75, 3.05) is 0 Å². The summed E-state index contributed by atoms with van der Waals surface area (Å²) in [6.45, 7) is 0. The van der Waals surface area contributed by atoms with Crippen molar-refractivity contribution in [2.24, 2.45) is 5.73 Å². The van der Waals surface area contributed by atoms with Gasteiger partial charge in [-0.2, -0.15) is 0 Å². The van der Waals surface area contributed by atoms with Gasteiger partial charge < -0.3 is 10.2 Å². The van der Waals surface area contributed by atoms with Gasteiger partial charge in [0.2, 0.25) is 0 Å². The normalized spacial score (nSPS) is 12.8. The SMILES string of the molecule is NC(c1ccc(Cl)cc1)c1cc2cc(Cl)cc(Cl)c2o1. The van der Waals surface area contributed by atoms with E-state index in [1.165, 1.54) is 0 Å². The minimum atomic E-state index is -0.380. The van der Waals surface area contributed by atoms with Gasteiger partial charge in [0.1, 0.15) is 5.76 Å². The van der Waals surface area contributed by atoms with Crippen LogP contribution < -0.4 is 5.73 Å². The molecule has 0 amide bonds. The largest absolute Gasteiger partial charge is 0.457 e. The van der Waals surface area contributed by atoms with Crippen molar-refractivity contribution in [1.29, 1.82) is 0 Å². The molecule has 0 saturated heterocycles. The van der Waals surface area contributed by atoms with E-state index >= 15 is 0 Å². The van der Waals surface area contributed by atoms with E-state index in [-0.39, 0.29) is 6.04 Å². The molecule has 0 aliphatic rings. The lowest BCUT2D eigenvalue weighted by atomic mass is 10.1. The van der Waals surface area contributed by atoms with Crippen molar-refractivity contribution in [3.8, 4) is 0 Å². The lowest BCUT2D eigenvalue weighted by molar-refractivity contribution is 0.525. The van der Waals surface area contributed by atoms with Crippen LogP contribution in [0.4, 0.5) is 0 Å². The first-order valence-corrected chi connectivity index (χ1v) is 7.07. The first-order valence-electron chi connectivity index (χ1n) is 5.94. The molecule has 0 spiro atoms. The number of hydrogen-bond donors (Lipinski definition) is 1. The fraction of sp³-hybridized carbons (Fsp3) is 0.0667. The van der Waals surface area contributed by atoms with E-state index < -0.39 is 0 Å². The minimum Gasteiger partial charge on any atom is -0.457 e. The van der Waals surface area contributed by atoms with Crippen molar-refractivity contribution < 1.29 is 4.42 Å². The molecule has 0 aliphatic heterocycles. The van der Waals surface area contributed by atoms with Crippen LogP contribution in [0.1, 0.15) is 17.4 Å². The Balaban J connectivity index is 2.05. The summed E-state index contributed by atoms with van der Waals surface area (Å²) in [5.41, 5.74) is 7.71. The molecule has 5 heteroatoms. The van der Waals surface area contributed by atoms with E-state index in [2.05, 4.69) is 0 Å². The zero-order chi connectivity index (χ0) is 14.3. The molecule has 1 atom stereocenters. The number of hydrogen-bond acceptors (Lipinski definition) is 2. The van der Waals surface area contributed by atoms with Gasteiger partial charge in [0.25, 0.3) is 0 Å². The van der Waals surface area contributed by atoms with Crippen molar-refractivity contribution in [2.45, 2.75) is 6.04 Å². The van der Waals surface area contributed by atoms with Crippen LogP contribution in [0.25, 0.3) is 11.0 Å². The van der Waals surface area contributed by atoms with E-state index in [4.69, 9.17) is 45.0 Å². The van der Waals surface area contributed by atoms with Gasteiger partial charge in [0, 0.05) is 15.4 Å². The number of rotatable bonds is 2. The Kier molecular flexibility index (Phi) is 3.65. The molecule has 0 fully saturated rings. The second-order valence-electron chi connectivity index (χ2n) is 4.48. The van der Waals surface area contributed by atoms with Gasteiger partial charge >= 0.3 is 0 Å². The van der Waals surface area contributed by atoms with E-state index in [1.807, 2.05) is 18.2 Å². The molecule has 2 aromatic carbocycles. The summed E-state index contributed by atoms with van der Waals surface area (Å²) in [4.78, 5) is 0. The quantitative estimate of drug-likeness (QED) is 0.681. The van der Waals surface area contributed by atoms with Gasteiger partial charge in [-0.15, -0.1) is 0 Å². The molecule has 102 valence electrons. The van der Waals surface area contributed by atoms with Gasteiger partial charge in [-0.05, 0) is 35.9 Å². The van der Waals surface area contributed by atoms with E-state index in [1.54, 1.807) is 24.3 Å². The standard InChI is InChI=1S/C15H10Cl3NO/c16-10-3-1-8(2-4-10)14(19)13-6-9-5-11(17)7-12(18)15(9)20-13/h1-7,14H,19H2. The highest BCUT2D eigenvalue weighted by molar-refractivity contribution is 6.38. The van der Waals surface area contributed by atoms with Crippen LogP contribution in [-0.2, 0) is 0 Å². The first kappa shape index (κ1) is 13.8. The molecule has 2 nitrogen and oxygen atoms in total. The highest BCUT2D eigenvalue weighted by Gasteiger charge is 2.16. The Hall–Kier alpha value is -1.19. The van der Waals surface area contributed by atoms with Crippen LogP contribution in [0.15, 0.2) is 46.9 Å². The van der Waals surface area contributed by atoms with Crippen molar-refractivity contribution in [3.63, 3.8) is 0 Å². The fourth-order valence-corrected chi connectivity index (χ4v) is 2.76. The molecule has 0 bridgehead atoms. The maximum Gasteiger partial charge on any atom is 0.153 e. The molecular weight excluding hydrogens is 317 g/mol. The molecule has 1 unspecified atom stereocenters. The van der Waals surface area contributed by atoms with Crippen LogP contribution >= 0.6 is 34.8 Å². The predicted octanol–water partition coefficient (Wildman–Crippen LogP) is 5.44. The second kappa shape index (κ2) is 5.30. The van der Waals surface area contributed by atoms with Crippen LogP contribution in [-0.4, -0.2) is 0 Å². The Labute approximate surface area is 131 Å². The summed E-state index contributed by atoms with van der Waals surface area (Å²) in [6, 6.07) is 12.2. The predicted molar refractivity (Wildman–Crippen MR) is 83.7 cm³/mol. The maximum atomic E-state index is 6.21. The lowest BCUT2D eigenvalue weighted by Crippen LogP contribution is -2.10. The lowest BCUT2D eigenvalue weighted by Gasteiger charge is -2.08. The molecule has 20 heavy (non-hydrogen) atoms. The summed E-state index contributed by atoms with van der Waals surface area (Å²) in [6.07, 6.45) is 0. The summed E-state index contributed by atoms with van der Waals surface area (Å²) in [5.74, 6) is 0.631. The zero-order valence-electron chi connectivity index (χ0n) is 10.2. The Morgan fingerprint density at radius 3 is 2.30 bits per heavy atom. The third-order valence-corrected chi connectivity index (χ3v) is 3.84. The molecular formula is C15H10Cl3NO. The maximum absolute atomic E-state index is 6.21. The highest BCUT2D eigenvalue weighted by atomic mass is 35.5. The number of halogens is 3. The van der Waals surface area contributed by atoms with Gasteiger partial charge in [0.15, 0.2) is 5.58 Å². The Morgan fingerprint density at radius 1 is 0.900 bits per heavy atom. The zero-order valence-corrected chi connectivity index (χ0v) is 12.5. The molecule has 3 aromatic rings. The molecule has 0 saturated carbocycles. The number of fused-ring (bicyclic) bond motifs is 1. The average Bonchev–Trinajstić information content (AvgIpc) is 2.83. The summed E-state index contributed by atoms with van der Waals surface area (Å²) in [5, 5.41) is 2.54. The van der Waals surface area contributed by atoms with Crippen LogP contribution in [0.3, 0.4) is 0 Å². The van der Waals surface area contributed by atoms with Crippen molar-refractivity contribution in [1.82, 2.24) is 0 Å². The Bertz CT molecular complexity index is 765. The monoisotopic (exact) mass is 325 g/mol. The number of furan rings is 1. The number of benzene rings is 2. The van der Waals surface area contributed by atoms with Crippen LogP contribution in [0.2, 0.25) is 15.1 Å². The molecule has 1 heterocycles. The molecule has 0 aliphatic carbocycles. The highest BCUT2D eigenvalue weighted by Crippen LogP contribution is 2.33. The van der Waals surface area contributed by atoms with Crippen molar-refractivity contribution >= 4 is 45.8 Å². The molecule has 3 rings (SSSR count). The van der Waals surface area contributed by atoms with Gasteiger partial charge in [-0.3, -0.25) is 0 Å². The van der Waals surface area contributed by atoms with Gasteiger partial charge in [0.05, 0.1) is 11.1 Å². The van der Waals surface area contributed by atoms with Crippen LogP contribution in [0.5, 0.6) is 0 Å². The third-order valence-electron chi connectivity index (χ3n) is 3.09. The minimum absolute atomic E-state index is 0.380. The number of nitrogens with two attached hydrogens (primary N) is 1. The smallest absolute Gasteiger partial charge is 0.153 e. The molecule has 0 radical (unpaired) electrons. The fourth-order valence-electron chi connectivity index (χ4n) is 2.08. The molecule has 2 N–H and O–H groups in total. The topological polar surface area (TPSA) is 39.2 Å². The second-order valence-corrected chi connectivity index (χ2v) is 5.76. The van der Waals surface area contributed by atoms with Crippen molar-refractivity contribution in [3.05, 3.63) is 68.9 Å². The summed E-state index contributed by atoms with van der Waals surface area (Å²) >= 11 is 18.0. The third kappa shape index (κ3) is 2.52. The van der Waals surface area contributed by atoms with E-state index in [0.717, 1.165) is 10.9 Å². The first-order chi connectivity index (χ1) is 9.54. The Morgan fingerprint density at radius 2 is 1.60 bits per heavy atom. The summed E-state index contributed by atoms with van der Waals surface area (Å²) < 4.78 is 5.75. The molecule has 1 aromatic heterocycles. The van der Waals surface area contributed by atoms with Crippen LogP contribution in [0, 0.1) is 0 Å². The summed E-state index contributed by atoms with van der Waals surface area (Å²) in [7, 11) is 0.